The smallest absolute Gasteiger partial charge is 0.407 e. The van der Waals surface area contributed by atoms with Gasteiger partial charge in [-0.15, -0.1) is 0 Å². The summed E-state index contributed by atoms with van der Waals surface area (Å²) in [6.45, 7) is 6.36. The molecule has 0 aliphatic carbocycles. The van der Waals surface area contributed by atoms with E-state index in [1.165, 1.54) is 4.90 Å². The van der Waals surface area contributed by atoms with Crippen molar-refractivity contribution in [2.75, 3.05) is 41.7 Å². The zero-order valence-corrected chi connectivity index (χ0v) is 19.9. The second kappa shape index (κ2) is 9.09. The molecule has 35 heavy (non-hydrogen) atoms. The molecule has 1 aromatic carbocycles. The van der Waals surface area contributed by atoms with E-state index >= 15 is 0 Å². The summed E-state index contributed by atoms with van der Waals surface area (Å²) in [5, 5.41) is 21.1. The summed E-state index contributed by atoms with van der Waals surface area (Å²) in [5.41, 5.74) is 4.96. The van der Waals surface area contributed by atoms with Gasteiger partial charge in [-0.05, 0) is 37.1 Å². The van der Waals surface area contributed by atoms with E-state index < -0.39 is 6.09 Å². The number of carbonyl (C=O) groups is 1. The number of rotatable bonds is 5. The number of aryl methyl sites for hydroxylation is 3. The molecule has 1 aliphatic heterocycles. The summed E-state index contributed by atoms with van der Waals surface area (Å²) in [6, 6.07) is 9.98. The van der Waals surface area contributed by atoms with Crippen molar-refractivity contribution in [3.05, 3.63) is 53.9 Å². The van der Waals surface area contributed by atoms with Crippen molar-refractivity contribution in [2.24, 2.45) is 7.05 Å². The average molecular weight is 474 g/mol. The SMILES string of the molecule is Cc1cccc(C)c1Nc1nn(C)c2nc(Nc3ccc(N4CCN(C(=O)O)CC4)cn3)ncc12. The van der Waals surface area contributed by atoms with Crippen LogP contribution in [0.2, 0.25) is 0 Å². The fourth-order valence-corrected chi connectivity index (χ4v) is 4.24. The number of nitrogens with zero attached hydrogens (tertiary/aromatic N) is 7. The van der Waals surface area contributed by atoms with Gasteiger partial charge < -0.3 is 25.5 Å². The van der Waals surface area contributed by atoms with Crippen LogP contribution in [0.3, 0.4) is 0 Å². The van der Waals surface area contributed by atoms with Crippen molar-refractivity contribution in [1.82, 2.24) is 29.6 Å². The Balaban J connectivity index is 1.30. The molecule has 1 saturated heterocycles. The number of fused-ring (bicyclic) bond motifs is 1. The van der Waals surface area contributed by atoms with Crippen molar-refractivity contribution in [1.29, 1.82) is 0 Å². The highest BCUT2D eigenvalue weighted by molar-refractivity contribution is 5.90. The summed E-state index contributed by atoms with van der Waals surface area (Å²) in [4.78, 5) is 28.2. The number of anilines is 5. The molecule has 1 aliphatic rings. The standard InChI is InChI=1S/C24H27N9O2/c1-15-5-4-6-16(2)20(15)28-21-18-14-26-23(29-22(18)31(3)30-21)27-19-8-7-17(13-25-19)32-9-11-33(12-10-32)24(34)35/h4-8,13-14H,9-12H2,1-3H3,(H,28,30)(H,34,35)(H,25,26,27,29). The average Bonchev–Trinajstić information content (AvgIpc) is 3.16. The number of nitrogens with one attached hydrogen (secondary N) is 2. The summed E-state index contributed by atoms with van der Waals surface area (Å²) < 4.78 is 1.73. The molecule has 1 fully saturated rings. The molecule has 180 valence electrons. The first kappa shape index (κ1) is 22.4. The predicted octanol–water partition coefficient (Wildman–Crippen LogP) is 3.66. The summed E-state index contributed by atoms with van der Waals surface area (Å²) in [5.74, 6) is 1.75. The Hall–Kier alpha value is -4.41. The van der Waals surface area contributed by atoms with Gasteiger partial charge in [0.1, 0.15) is 5.82 Å². The van der Waals surface area contributed by atoms with E-state index in [9.17, 15) is 4.79 Å². The van der Waals surface area contributed by atoms with E-state index in [0.717, 1.165) is 27.9 Å². The molecule has 11 heteroatoms. The number of amides is 1. The zero-order valence-electron chi connectivity index (χ0n) is 19.9. The number of piperazine rings is 1. The molecule has 0 atom stereocenters. The van der Waals surface area contributed by atoms with Crippen LogP contribution in [0.15, 0.2) is 42.7 Å². The number of hydrogen-bond acceptors (Lipinski definition) is 8. The predicted molar refractivity (Wildman–Crippen MR) is 135 cm³/mol. The Bertz CT molecular complexity index is 1360. The Morgan fingerprint density at radius 1 is 0.971 bits per heavy atom. The molecular formula is C24H27N9O2. The van der Waals surface area contributed by atoms with Gasteiger partial charge in [0.25, 0.3) is 0 Å². The number of benzene rings is 1. The summed E-state index contributed by atoms with van der Waals surface area (Å²) >= 11 is 0. The highest BCUT2D eigenvalue weighted by Crippen LogP contribution is 2.28. The zero-order chi connectivity index (χ0) is 24.5. The number of para-hydroxylation sites is 1. The van der Waals surface area contributed by atoms with Gasteiger partial charge in [-0.1, -0.05) is 18.2 Å². The Kier molecular flexibility index (Phi) is 5.81. The van der Waals surface area contributed by atoms with Gasteiger partial charge in [-0.3, -0.25) is 0 Å². The van der Waals surface area contributed by atoms with Crippen LogP contribution in [0.5, 0.6) is 0 Å². The normalized spacial score (nSPS) is 13.8. The van der Waals surface area contributed by atoms with Gasteiger partial charge in [-0.2, -0.15) is 10.1 Å². The lowest BCUT2D eigenvalue weighted by Gasteiger charge is -2.34. The number of hydrogen-bond donors (Lipinski definition) is 3. The number of aromatic nitrogens is 5. The topological polar surface area (TPSA) is 124 Å². The lowest BCUT2D eigenvalue weighted by atomic mass is 10.1. The Labute approximate surface area is 202 Å². The second-order valence-corrected chi connectivity index (χ2v) is 8.58. The van der Waals surface area contributed by atoms with Crippen LogP contribution in [0, 0.1) is 13.8 Å². The quantitative estimate of drug-likeness (QED) is 0.398. The third kappa shape index (κ3) is 4.52. The van der Waals surface area contributed by atoms with Gasteiger partial charge in [0.05, 0.1) is 17.3 Å². The fraction of sp³-hybridized carbons (Fsp3) is 0.292. The molecule has 0 bridgehead atoms. The van der Waals surface area contributed by atoms with Crippen LogP contribution in [0.25, 0.3) is 11.0 Å². The molecule has 0 unspecified atom stereocenters. The Morgan fingerprint density at radius 2 is 1.71 bits per heavy atom. The second-order valence-electron chi connectivity index (χ2n) is 8.58. The van der Waals surface area contributed by atoms with Crippen molar-refractivity contribution < 1.29 is 9.90 Å². The van der Waals surface area contributed by atoms with Crippen molar-refractivity contribution >= 4 is 46.1 Å². The minimum absolute atomic E-state index is 0.425. The van der Waals surface area contributed by atoms with Gasteiger partial charge in [0, 0.05) is 45.1 Å². The van der Waals surface area contributed by atoms with E-state index in [4.69, 9.17) is 5.11 Å². The van der Waals surface area contributed by atoms with Gasteiger partial charge in [-0.25, -0.2) is 19.4 Å². The van der Waals surface area contributed by atoms with E-state index in [1.807, 2.05) is 25.2 Å². The third-order valence-corrected chi connectivity index (χ3v) is 6.21. The first-order valence-corrected chi connectivity index (χ1v) is 11.4. The maximum atomic E-state index is 11.1. The van der Waals surface area contributed by atoms with Crippen LogP contribution in [0.4, 0.5) is 33.8 Å². The van der Waals surface area contributed by atoms with E-state index in [-0.39, 0.29) is 0 Å². The fourth-order valence-electron chi connectivity index (χ4n) is 4.24. The third-order valence-electron chi connectivity index (χ3n) is 6.21. The summed E-state index contributed by atoms with van der Waals surface area (Å²) in [7, 11) is 1.85. The van der Waals surface area contributed by atoms with Crippen molar-refractivity contribution in [2.45, 2.75) is 13.8 Å². The van der Waals surface area contributed by atoms with E-state index in [2.05, 4.69) is 61.6 Å². The Morgan fingerprint density at radius 3 is 2.37 bits per heavy atom. The van der Waals surface area contributed by atoms with Crippen LogP contribution in [-0.2, 0) is 7.05 Å². The molecule has 4 aromatic rings. The molecule has 11 nitrogen and oxygen atoms in total. The van der Waals surface area contributed by atoms with Crippen molar-refractivity contribution in [3.8, 4) is 0 Å². The molecule has 0 spiro atoms. The van der Waals surface area contributed by atoms with E-state index in [1.54, 1.807) is 17.1 Å². The molecule has 3 N–H and O–H groups in total. The minimum Gasteiger partial charge on any atom is -0.465 e. The number of pyridine rings is 1. The molecule has 0 radical (unpaired) electrons. The number of carboxylic acid groups (broad SMARTS) is 1. The highest BCUT2D eigenvalue weighted by atomic mass is 16.4. The highest BCUT2D eigenvalue weighted by Gasteiger charge is 2.21. The van der Waals surface area contributed by atoms with Crippen LogP contribution in [0.1, 0.15) is 11.1 Å². The maximum absolute atomic E-state index is 11.1. The first-order valence-electron chi connectivity index (χ1n) is 11.4. The monoisotopic (exact) mass is 473 g/mol. The van der Waals surface area contributed by atoms with E-state index in [0.29, 0.717) is 49.4 Å². The van der Waals surface area contributed by atoms with Gasteiger partial charge >= 0.3 is 6.09 Å². The maximum Gasteiger partial charge on any atom is 0.407 e. The minimum atomic E-state index is -0.874. The molecule has 5 rings (SSSR count). The van der Waals surface area contributed by atoms with Crippen molar-refractivity contribution in [3.63, 3.8) is 0 Å². The van der Waals surface area contributed by atoms with Crippen LogP contribution < -0.4 is 15.5 Å². The largest absolute Gasteiger partial charge is 0.465 e. The van der Waals surface area contributed by atoms with Gasteiger partial charge in [0.15, 0.2) is 11.5 Å². The lowest BCUT2D eigenvalue weighted by Crippen LogP contribution is -2.48. The molecular weight excluding hydrogens is 446 g/mol. The lowest BCUT2D eigenvalue weighted by molar-refractivity contribution is 0.142. The van der Waals surface area contributed by atoms with Crippen LogP contribution >= 0.6 is 0 Å². The molecule has 0 saturated carbocycles. The first-order chi connectivity index (χ1) is 16.9. The molecule has 3 aromatic heterocycles. The van der Waals surface area contributed by atoms with Crippen LogP contribution in [-0.4, -0.2) is 67.0 Å². The van der Waals surface area contributed by atoms with Gasteiger partial charge in [0.2, 0.25) is 5.95 Å². The summed E-state index contributed by atoms with van der Waals surface area (Å²) in [6.07, 6.45) is 2.65. The molecule has 4 heterocycles. The molecule has 1 amide bonds.